The Bertz CT molecular complexity index is 758. The van der Waals surface area contributed by atoms with Crippen LogP contribution in [0.4, 0.5) is 0 Å². The zero-order valence-corrected chi connectivity index (χ0v) is 14.7. The molecule has 4 heteroatoms. The normalized spacial score (nSPS) is 10.8. The number of benzene rings is 2. The highest BCUT2D eigenvalue weighted by atomic mass is 16.6. The predicted molar refractivity (Wildman–Crippen MR) is 95.9 cm³/mol. The van der Waals surface area contributed by atoms with Gasteiger partial charge in [0.25, 0.3) is 0 Å². The molecule has 0 aliphatic carbocycles. The first-order chi connectivity index (χ1) is 11.8. The van der Waals surface area contributed by atoms with Gasteiger partial charge in [0, 0.05) is 5.57 Å². The van der Waals surface area contributed by atoms with Gasteiger partial charge in [-0.05, 0) is 44.0 Å². The lowest BCUT2D eigenvalue weighted by atomic mass is 9.96. The van der Waals surface area contributed by atoms with E-state index in [1.807, 2.05) is 30.3 Å². The number of hydrogen-bond donors (Lipinski definition) is 0. The van der Waals surface area contributed by atoms with Crippen molar-refractivity contribution in [2.75, 3.05) is 0 Å². The topological polar surface area (TPSA) is 52.6 Å². The third-order valence-corrected chi connectivity index (χ3v) is 3.72. The van der Waals surface area contributed by atoms with Crippen molar-refractivity contribution in [3.05, 3.63) is 83.4 Å². The molecule has 0 amide bonds. The van der Waals surface area contributed by atoms with Crippen molar-refractivity contribution in [1.29, 1.82) is 0 Å². The molecular formula is C21H22O4. The van der Waals surface area contributed by atoms with Crippen LogP contribution in [0.3, 0.4) is 0 Å². The third-order valence-electron chi connectivity index (χ3n) is 3.72. The van der Waals surface area contributed by atoms with E-state index in [1.54, 1.807) is 45.0 Å². The minimum absolute atomic E-state index is 0.225. The molecule has 0 saturated carbocycles. The highest BCUT2D eigenvalue weighted by Crippen LogP contribution is 2.26. The van der Waals surface area contributed by atoms with E-state index < -0.39 is 17.5 Å². The molecule has 0 N–H and O–H groups in total. The van der Waals surface area contributed by atoms with E-state index in [2.05, 4.69) is 6.58 Å². The third kappa shape index (κ3) is 5.05. The largest absolute Gasteiger partial charge is 0.457 e. The number of rotatable bonds is 6. The maximum Gasteiger partial charge on any atom is 0.338 e. The molecule has 0 aromatic heterocycles. The quantitative estimate of drug-likeness (QED) is 0.579. The first-order valence-corrected chi connectivity index (χ1v) is 8.00. The van der Waals surface area contributed by atoms with Crippen LogP contribution in [0.25, 0.3) is 0 Å². The van der Waals surface area contributed by atoms with E-state index in [9.17, 15) is 9.59 Å². The van der Waals surface area contributed by atoms with E-state index in [-0.39, 0.29) is 6.61 Å². The molecule has 0 aliphatic rings. The molecule has 130 valence electrons. The fourth-order valence-electron chi connectivity index (χ4n) is 2.19. The second-order valence-electron chi connectivity index (χ2n) is 6.32. The molecule has 0 aliphatic heterocycles. The van der Waals surface area contributed by atoms with E-state index in [0.717, 1.165) is 11.1 Å². The molecular weight excluding hydrogens is 316 g/mol. The van der Waals surface area contributed by atoms with Crippen molar-refractivity contribution < 1.29 is 19.1 Å². The number of esters is 2. The smallest absolute Gasteiger partial charge is 0.338 e. The lowest BCUT2D eigenvalue weighted by molar-refractivity contribution is -0.152. The second kappa shape index (κ2) is 7.79. The van der Waals surface area contributed by atoms with Gasteiger partial charge in [-0.3, -0.25) is 0 Å². The summed E-state index contributed by atoms with van der Waals surface area (Å²) in [4.78, 5) is 23.9. The molecule has 25 heavy (non-hydrogen) atoms. The Labute approximate surface area is 148 Å². The molecule has 0 spiro atoms. The molecule has 2 aromatic rings. The van der Waals surface area contributed by atoms with Crippen LogP contribution in [0.15, 0.2) is 66.7 Å². The van der Waals surface area contributed by atoms with Crippen LogP contribution in [0.5, 0.6) is 0 Å². The SMILES string of the molecule is C=C(C)C(=O)OC(C)(C)c1ccc(C(=O)OCc2ccccc2)cc1. The van der Waals surface area contributed by atoms with Gasteiger partial charge in [0.1, 0.15) is 12.2 Å². The summed E-state index contributed by atoms with van der Waals surface area (Å²) in [6.45, 7) is 8.98. The van der Waals surface area contributed by atoms with Crippen LogP contribution < -0.4 is 0 Å². The predicted octanol–water partition coefficient (Wildman–Crippen LogP) is 4.40. The Morgan fingerprint density at radius 1 is 1.00 bits per heavy atom. The van der Waals surface area contributed by atoms with E-state index in [1.165, 1.54) is 0 Å². The van der Waals surface area contributed by atoms with Gasteiger partial charge in [0.15, 0.2) is 0 Å². The summed E-state index contributed by atoms with van der Waals surface area (Å²) in [7, 11) is 0. The van der Waals surface area contributed by atoms with Crippen LogP contribution in [0.1, 0.15) is 42.3 Å². The Hall–Kier alpha value is -2.88. The van der Waals surface area contributed by atoms with Gasteiger partial charge in [-0.15, -0.1) is 0 Å². The number of carbonyl (C=O) groups excluding carboxylic acids is 2. The van der Waals surface area contributed by atoms with Crippen molar-refractivity contribution in [3.63, 3.8) is 0 Å². The number of ether oxygens (including phenoxy) is 2. The van der Waals surface area contributed by atoms with E-state index in [0.29, 0.717) is 11.1 Å². The van der Waals surface area contributed by atoms with Crippen LogP contribution in [-0.4, -0.2) is 11.9 Å². The minimum atomic E-state index is -0.817. The summed E-state index contributed by atoms with van der Waals surface area (Å²) in [5.41, 5.74) is 1.68. The Balaban J connectivity index is 2.02. The Kier molecular flexibility index (Phi) is 5.75. The van der Waals surface area contributed by atoms with E-state index >= 15 is 0 Å². The molecule has 0 bridgehead atoms. The van der Waals surface area contributed by atoms with Gasteiger partial charge in [-0.2, -0.15) is 0 Å². The molecule has 0 unspecified atom stereocenters. The molecule has 0 saturated heterocycles. The molecule has 0 atom stereocenters. The molecule has 4 nitrogen and oxygen atoms in total. The first-order valence-electron chi connectivity index (χ1n) is 8.00. The van der Waals surface area contributed by atoms with Gasteiger partial charge < -0.3 is 9.47 Å². The van der Waals surface area contributed by atoms with Gasteiger partial charge >= 0.3 is 11.9 Å². The van der Waals surface area contributed by atoms with Crippen LogP contribution >= 0.6 is 0 Å². The first kappa shape index (κ1) is 18.5. The average Bonchev–Trinajstić information content (AvgIpc) is 2.60. The molecule has 0 fully saturated rings. The lowest BCUT2D eigenvalue weighted by Crippen LogP contribution is -2.26. The average molecular weight is 338 g/mol. The fraction of sp³-hybridized carbons (Fsp3) is 0.238. The lowest BCUT2D eigenvalue weighted by Gasteiger charge is -2.25. The van der Waals surface area contributed by atoms with Gasteiger partial charge in [-0.25, -0.2) is 9.59 Å². The number of carbonyl (C=O) groups is 2. The highest BCUT2D eigenvalue weighted by Gasteiger charge is 2.25. The maximum atomic E-state index is 12.1. The summed E-state index contributed by atoms with van der Waals surface area (Å²) in [5, 5.41) is 0. The Morgan fingerprint density at radius 3 is 2.16 bits per heavy atom. The summed E-state index contributed by atoms with van der Waals surface area (Å²) in [6, 6.07) is 16.3. The maximum absolute atomic E-state index is 12.1. The summed E-state index contributed by atoms with van der Waals surface area (Å²) < 4.78 is 10.7. The molecule has 0 heterocycles. The number of hydrogen-bond acceptors (Lipinski definition) is 4. The zero-order valence-electron chi connectivity index (χ0n) is 14.7. The van der Waals surface area contributed by atoms with Crippen molar-refractivity contribution >= 4 is 11.9 Å². The van der Waals surface area contributed by atoms with Crippen LogP contribution in [0, 0.1) is 0 Å². The van der Waals surface area contributed by atoms with Crippen molar-refractivity contribution in [2.45, 2.75) is 33.0 Å². The highest BCUT2D eigenvalue weighted by molar-refractivity contribution is 5.89. The van der Waals surface area contributed by atoms with Crippen molar-refractivity contribution in [2.24, 2.45) is 0 Å². The summed E-state index contributed by atoms with van der Waals surface area (Å²) >= 11 is 0. The molecule has 0 radical (unpaired) electrons. The van der Waals surface area contributed by atoms with Gasteiger partial charge in [0.05, 0.1) is 5.56 Å². The monoisotopic (exact) mass is 338 g/mol. The van der Waals surface area contributed by atoms with Gasteiger partial charge in [-0.1, -0.05) is 49.0 Å². The Morgan fingerprint density at radius 2 is 1.60 bits per heavy atom. The fourth-order valence-corrected chi connectivity index (χ4v) is 2.19. The summed E-state index contributed by atoms with van der Waals surface area (Å²) in [6.07, 6.45) is 0. The minimum Gasteiger partial charge on any atom is -0.457 e. The molecule has 2 aromatic carbocycles. The standard InChI is InChI=1S/C21H22O4/c1-15(2)19(22)25-21(3,4)18-12-10-17(11-13-18)20(23)24-14-16-8-6-5-7-9-16/h5-13H,1,14H2,2-4H3. The zero-order chi connectivity index (χ0) is 18.4. The van der Waals surface area contributed by atoms with Crippen molar-refractivity contribution in [3.8, 4) is 0 Å². The van der Waals surface area contributed by atoms with E-state index in [4.69, 9.17) is 9.47 Å². The molecule has 2 rings (SSSR count). The van der Waals surface area contributed by atoms with Crippen LogP contribution in [-0.2, 0) is 26.5 Å². The van der Waals surface area contributed by atoms with Gasteiger partial charge in [0.2, 0.25) is 0 Å². The summed E-state index contributed by atoms with van der Waals surface area (Å²) in [5.74, 6) is -0.844. The van der Waals surface area contributed by atoms with Crippen molar-refractivity contribution in [1.82, 2.24) is 0 Å². The second-order valence-corrected chi connectivity index (χ2v) is 6.32. The van der Waals surface area contributed by atoms with Crippen LogP contribution in [0.2, 0.25) is 0 Å².